The first-order valence-corrected chi connectivity index (χ1v) is 9.93. The summed E-state index contributed by atoms with van der Waals surface area (Å²) in [7, 11) is 1.69. The minimum absolute atomic E-state index is 0.148. The van der Waals surface area contributed by atoms with E-state index in [0.717, 1.165) is 56.9 Å². The number of aryl methyl sites for hydroxylation is 1. The number of hydrogen-bond donors (Lipinski definition) is 0. The maximum Gasteiger partial charge on any atom is 0.227 e. The van der Waals surface area contributed by atoms with Crippen molar-refractivity contribution >= 4 is 5.91 Å². The van der Waals surface area contributed by atoms with Gasteiger partial charge < -0.3 is 14.5 Å². The Balaban J connectivity index is 1.14. The fourth-order valence-corrected chi connectivity index (χ4v) is 4.39. The second kappa shape index (κ2) is 7.92. The van der Waals surface area contributed by atoms with E-state index < -0.39 is 0 Å². The van der Waals surface area contributed by atoms with Crippen LogP contribution in [0.2, 0.25) is 0 Å². The van der Waals surface area contributed by atoms with Gasteiger partial charge in [0.2, 0.25) is 5.91 Å². The average Bonchev–Trinajstić information content (AvgIpc) is 2.64. The summed E-state index contributed by atoms with van der Waals surface area (Å²) in [6.45, 7) is 5.02. The molecule has 5 heteroatoms. The van der Waals surface area contributed by atoms with Crippen LogP contribution in [-0.4, -0.2) is 55.5 Å². The highest BCUT2D eigenvalue weighted by atomic mass is 19.1. The summed E-state index contributed by atoms with van der Waals surface area (Å²) in [5.41, 5.74) is 2.54. The molecule has 2 aliphatic rings. The van der Waals surface area contributed by atoms with E-state index in [1.165, 1.54) is 17.7 Å². The molecule has 2 heterocycles. The van der Waals surface area contributed by atoms with Crippen molar-refractivity contribution in [3.05, 3.63) is 65.5 Å². The SMILES string of the molecule is COc1ccc(CCCN2CC3(C2)CN(C(=O)Cc2ccc(F)cc2)C3)cc1. The Bertz CT molecular complexity index is 806. The van der Waals surface area contributed by atoms with Crippen molar-refractivity contribution in [1.29, 1.82) is 0 Å². The van der Waals surface area contributed by atoms with E-state index in [9.17, 15) is 9.18 Å². The Morgan fingerprint density at radius 3 is 2.29 bits per heavy atom. The zero-order valence-corrected chi connectivity index (χ0v) is 16.4. The average molecular weight is 382 g/mol. The van der Waals surface area contributed by atoms with Gasteiger partial charge in [0.15, 0.2) is 0 Å². The highest BCUT2D eigenvalue weighted by Crippen LogP contribution is 2.39. The van der Waals surface area contributed by atoms with Gasteiger partial charge >= 0.3 is 0 Å². The summed E-state index contributed by atoms with van der Waals surface area (Å²) in [6.07, 6.45) is 2.59. The molecule has 1 spiro atoms. The zero-order valence-electron chi connectivity index (χ0n) is 16.4. The summed E-state index contributed by atoms with van der Waals surface area (Å²) in [5, 5.41) is 0. The van der Waals surface area contributed by atoms with Gasteiger partial charge in [0, 0.05) is 31.6 Å². The second-order valence-electron chi connectivity index (χ2n) is 8.22. The van der Waals surface area contributed by atoms with Gasteiger partial charge in [-0.15, -0.1) is 0 Å². The standard InChI is InChI=1S/C23H27FN2O2/c1-28-21-10-6-18(7-11-21)3-2-12-25-14-23(15-25)16-26(17-23)22(27)13-19-4-8-20(24)9-5-19/h4-11H,2-3,12-17H2,1H3. The van der Waals surface area contributed by atoms with Crippen LogP contribution in [0.5, 0.6) is 5.75 Å². The number of methoxy groups -OCH3 is 1. The molecule has 2 aromatic carbocycles. The van der Waals surface area contributed by atoms with Crippen molar-refractivity contribution in [2.45, 2.75) is 19.3 Å². The molecular formula is C23H27FN2O2. The van der Waals surface area contributed by atoms with Crippen LogP contribution in [0.25, 0.3) is 0 Å². The molecule has 1 amide bonds. The highest BCUT2D eigenvalue weighted by molar-refractivity contribution is 5.79. The van der Waals surface area contributed by atoms with Gasteiger partial charge in [-0.3, -0.25) is 4.79 Å². The van der Waals surface area contributed by atoms with Gasteiger partial charge in [-0.05, 0) is 54.8 Å². The molecule has 4 nitrogen and oxygen atoms in total. The third kappa shape index (κ3) is 4.20. The van der Waals surface area contributed by atoms with E-state index >= 15 is 0 Å². The predicted molar refractivity (Wildman–Crippen MR) is 107 cm³/mol. The Morgan fingerprint density at radius 1 is 1.00 bits per heavy atom. The van der Waals surface area contributed by atoms with Crippen molar-refractivity contribution in [2.75, 3.05) is 39.8 Å². The third-order valence-electron chi connectivity index (χ3n) is 5.89. The molecule has 0 unspecified atom stereocenters. The topological polar surface area (TPSA) is 32.8 Å². The molecule has 0 N–H and O–H groups in total. The van der Waals surface area contributed by atoms with Crippen LogP contribution in [-0.2, 0) is 17.6 Å². The van der Waals surface area contributed by atoms with Crippen LogP contribution in [0.15, 0.2) is 48.5 Å². The van der Waals surface area contributed by atoms with Gasteiger partial charge in [0.05, 0.1) is 13.5 Å². The lowest BCUT2D eigenvalue weighted by Gasteiger charge is -2.60. The van der Waals surface area contributed by atoms with Crippen molar-refractivity contribution in [2.24, 2.45) is 5.41 Å². The fourth-order valence-electron chi connectivity index (χ4n) is 4.39. The lowest BCUT2D eigenvalue weighted by molar-refractivity contribution is -0.158. The molecule has 0 aliphatic carbocycles. The zero-order chi connectivity index (χ0) is 19.6. The normalized spacial score (nSPS) is 17.9. The molecule has 2 fully saturated rings. The summed E-state index contributed by atoms with van der Waals surface area (Å²) in [4.78, 5) is 16.8. The minimum Gasteiger partial charge on any atom is -0.497 e. The van der Waals surface area contributed by atoms with Crippen LogP contribution < -0.4 is 4.74 Å². The summed E-state index contributed by atoms with van der Waals surface area (Å²) in [5.74, 6) is 0.785. The number of benzene rings is 2. The van der Waals surface area contributed by atoms with Crippen LogP contribution in [0.1, 0.15) is 17.5 Å². The van der Waals surface area contributed by atoms with Gasteiger partial charge in [-0.2, -0.15) is 0 Å². The Kier molecular flexibility index (Phi) is 5.36. The molecule has 0 saturated carbocycles. The first kappa shape index (κ1) is 18.9. The predicted octanol–water partition coefficient (Wildman–Crippen LogP) is 3.15. The van der Waals surface area contributed by atoms with Crippen LogP contribution in [0.4, 0.5) is 4.39 Å². The third-order valence-corrected chi connectivity index (χ3v) is 5.89. The number of ether oxygens (including phenoxy) is 1. The van der Waals surface area contributed by atoms with Crippen molar-refractivity contribution in [1.82, 2.24) is 9.80 Å². The van der Waals surface area contributed by atoms with Gasteiger partial charge in [-0.1, -0.05) is 24.3 Å². The first-order chi connectivity index (χ1) is 13.5. The molecule has 0 radical (unpaired) electrons. The number of hydrogen-bond acceptors (Lipinski definition) is 3. The molecule has 2 saturated heterocycles. The Labute approximate surface area is 165 Å². The summed E-state index contributed by atoms with van der Waals surface area (Å²) < 4.78 is 18.2. The molecule has 2 aliphatic heterocycles. The lowest BCUT2D eigenvalue weighted by Crippen LogP contribution is -2.73. The van der Waals surface area contributed by atoms with Gasteiger partial charge in [0.1, 0.15) is 11.6 Å². The van der Waals surface area contributed by atoms with Crippen LogP contribution >= 0.6 is 0 Å². The van der Waals surface area contributed by atoms with Crippen molar-refractivity contribution in [3.63, 3.8) is 0 Å². The maximum absolute atomic E-state index is 13.0. The molecule has 0 aromatic heterocycles. The summed E-state index contributed by atoms with van der Waals surface area (Å²) in [6, 6.07) is 14.5. The first-order valence-electron chi connectivity index (χ1n) is 9.93. The maximum atomic E-state index is 13.0. The van der Waals surface area contributed by atoms with Gasteiger partial charge in [0.25, 0.3) is 0 Å². The van der Waals surface area contributed by atoms with Crippen LogP contribution in [0.3, 0.4) is 0 Å². The quantitative estimate of drug-likeness (QED) is 0.738. The fraction of sp³-hybridized carbons (Fsp3) is 0.435. The number of amides is 1. The van der Waals surface area contributed by atoms with E-state index in [4.69, 9.17) is 4.74 Å². The lowest BCUT2D eigenvalue weighted by atomic mass is 9.72. The highest BCUT2D eigenvalue weighted by Gasteiger charge is 2.52. The van der Waals surface area contributed by atoms with E-state index in [1.807, 2.05) is 17.0 Å². The minimum atomic E-state index is -0.263. The Morgan fingerprint density at radius 2 is 1.64 bits per heavy atom. The smallest absolute Gasteiger partial charge is 0.227 e. The number of carbonyl (C=O) groups excluding carboxylic acids is 1. The molecule has 2 aromatic rings. The monoisotopic (exact) mass is 382 g/mol. The van der Waals surface area contributed by atoms with Gasteiger partial charge in [-0.25, -0.2) is 4.39 Å². The number of nitrogens with zero attached hydrogens (tertiary/aromatic N) is 2. The molecule has 0 atom stereocenters. The largest absolute Gasteiger partial charge is 0.497 e. The number of halogens is 1. The molecule has 0 bridgehead atoms. The summed E-state index contributed by atoms with van der Waals surface area (Å²) >= 11 is 0. The van der Waals surface area contributed by atoms with E-state index in [0.29, 0.717) is 11.8 Å². The van der Waals surface area contributed by atoms with Crippen LogP contribution in [0, 0.1) is 11.2 Å². The number of carbonyl (C=O) groups is 1. The molecule has 4 rings (SSSR count). The molecule has 28 heavy (non-hydrogen) atoms. The van der Waals surface area contributed by atoms with Crippen molar-refractivity contribution in [3.8, 4) is 5.75 Å². The number of likely N-dealkylation sites (tertiary alicyclic amines) is 2. The van der Waals surface area contributed by atoms with E-state index in [-0.39, 0.29) is 11.7 Å². The molecule has 148 valence electrons. The van der Waals surface area contributed by atoms with E-state index in [1.54, 1.807) is 19.2 Å². The number of rotatable bonds is 7. The second-order valence-corrected chi connectivity index (χ2v) is 8.22. The van der Waals surface area contributed by atoms with E-state index in [2.05, 4.69) is 17.0 Å². The Hall–Kier alpha value is -2.40. The van der Waals surface area contributed by atoms with Crippen molar-refractivity contribution < 1.29 is 13.9 Å². The molecular weight excluding hydrogens is 355 g/mol.